The van der Waals surface area contributed by atoms with E-state index >= 15 is 0 Å². The lowest BCUT2D eigenvalue weighted by Crippen LogP contribution is -2.57. The van der Waals surface area contributed by atoms with Crippen molar-refractivity contribution in [1.29, 1.82) is 0 Å². The quantitative estimate of drug-likeness (QED) is 0.448. The van der Waals surface area contributed by atoms with Crippen LogP contribution >= 0.6 is 23.2 Å². The molecular formula is C21H27Cl2F3N2O3. The molecule has 0 saturated carbocycles. The molecule has 0 unspecified atom stereocenters. The lowest BCUT2D eigenvalue weighted by Gasteiger charge is -2.46. The molecule has 1 rings (SSSR count). The minimum atomic E-state index is -4.69. The Morgan fingerprint density at radius 2 is 1.71 bits per heavy atom. The average molecular weight is 483 g/mol. The summed E-state index contributed by atoms with van der Waals surface area (Å²) in [5, 5.41) is 10.5. The summed E-state index contributed by atoms with van der Waals surface area (Å²) >= 11 is 12.2. The highest BCUT2D eigenvalue weighted by atomic mass is 35.5. The molecule has 0 radical (unpaired) electrons. The summed E-state index contributed by atoms with van der Waals surface area (Å²) in [7, 11) is 1.21. The highest BCUT2D eigenvalue weighted by molar-refractivity contribution is 6.42. The number of amides is 2. The van der Waals surface area contributed by atoms with Gasteiger partial charge >= 0.3 is 12.3 Å². The van der Waals surface area contributed by atoms with Crippen molar-refractivity contribution < 1.29 is 27.9 Å². The first kappa shape index (κ1) is 27.1. The van der Waals surface area contributed by atoms with Gasteiger partial charge in [0, 0.05) is 20.1 Å². The zero-order valence-corrected chi connectivity index (χ0v) is 19.4. The monoisotopic (exact) mass is 482 g/mol. The van der Waals surface area contributed by atoms with Gasteiger partial charge in [-0.2, -0.15) is 13.2 Å². The van der Waals surface area contributed by atoms with Crippen LogP contribution in [0.2, 0.25) is 10.0 Å². The minimum absolute atomic E-state index is 0.0248. The number of alkyl halides is 3. The standard InChI is InChI=1S/C21H27Cl2F3N2O3/c1-6-9-20(14-7-8-15(22)16(23)10-14,28(18(30)31)12-19(2,3)4)13-27(5)17(29)11-21(24,25)26/h6-8,10H,1,9,11-13H2,2-5H3,(H,30,31)/t20-/m1/s1. The zero-order valence-electron chi connectivity index (χ0n) is 17.9. The van der Waals surface area contributed by atoms with Gasteiger partial charge in [-0.15, -0.1) is 6.58 Å². The van der Waals surface area contributed by atoms with Crippen LogP contribution in [0.15, 0.2) is 30.9 Å². The van der Waals surface area contributed by atoms with Crippen molar-refractivity contribution in [3.8, 4) is 0 Å². The number of carboxylic acid groups (broad SMARTS) is 1. The number of hydrogen-bond donors (Lipinski definition) is 1. The third kappa shape index (κ3) is 7.61. The van der Waals surface area contributed by atoms with Crippen LogP contribution in [0.4, 0.5) is 18.0 Å². The summed E-state index contributed by atoms with van der Waals surface area (Å²) in [6.45, 7) is 8.88. The van der Waals surface area contributed by atoms with Gasteiger partial charge in [-0.05, 0) is 29.5 Å². The van der Waals surface area contributed by atoms with Crippen molar-refractivity contribution in [3.05, 3.63) is 46.5 Å². The zero-order chi connectivity index (χ0) is 24.2. The average Bonchev–Trinajstić information content (AvgIpc) is 2.59. The Hall–Kier alpha value is -1.93. The van der Waals surface area contributed by atoms with Crippen LogP contribution in [0.3, 0.4) is 0 Å². The fourth-order valence-electron chi connectivity index (χ4n) is 3.31. The van der Waals surface area contributed by atoms with Crippen LogP contribution in [0.1, 0.15) is 39.2 Å². The molecule has 0 heterocycles. The number of halogens is 5. The number of nitrogens with zero attached hydrogens (tertiary/aromatic N) is 2. The van der Waals surface area contributed by atoms with E-state index in [1.54, 1.807) is 6.07 Å². The second-order valence-corrected chi connectivity index (χ2v) is 9.44. The Morgan fingerprint density at radius 3 is 2.13 bits per heavy atom. The molecule has 0 saturated heterocycles. The van der Waals surface area contributed by atoms with Gasteiger partial charge in [-0.1, -0.05) is 56.1 Å². The van der Waals surface area contributed by atoms with E-state index in [1.807, 2.05) is 20.8 Å². The molecule has 1 atom stereocenters. The smallest absolute Gasteiger partial charge is 0.408 e. The van der Waals surface area contributed by atoms with Crippen LogP contribution < -0.4 is 0 Å². The summed E-state index contributed by atoms with van der Waals surface area (Å²) in [5.41, 5.74) is -1.54. The molecular weight excluding hydrogens is 456 g/mol. The van der Waals surface area contributed by atoms with Gasteiger partial charge in [0.15, 0.2) is 0 Å². The lowest BCUT2D eigenvalue weighted by atomic mass is 9.82. The largest absolute Gasteiger partial charge is 0.465 e. The number of carbonyl (C=O) groups excluding carboxylic acids is 1. The number of hydrogen-bond acceptors (Lipinski definition) is 2. The second kappa shape index (κ2) is 10.1. The van der Waals surface area contributed by atoms with E-state index in [0.717, 1.165) is 9.80 Å². The van der Waals surface area contributed by atoms with Crippen LogP contribution in [0.5, 0.6) is 0 Å². The van der Waals surface area contributed by atoms with Crippen molar-refractivity contribution in [1.82, 2.24) is 9.80 Å². The van der Waals surface area contributed by atoms with E-state index in [1.165, 1.54) is 25.3 Å². The number of rotatable bonds is 8. The molecule has 0 bridgehead atoms. The number of carbonyl (C=O) groups is 2. The topological polar surface area (TPSA) is 60.9 Å². The molecule has 0 aliphatic rings. The Bertz CT molecular complexity index is 825. The molecule has 1 aromatic carbocycles. The van der Waals surface area contributed by atoms with E-state index in [4.69, 9.17) is 23.2 Å². The molecule has 0 aliphatic carbocycles. The van der Waals surface area contributed by atoms with Crippen LogP contribution in [0, 0.1) is 5.41 Å². The molecule has 2 amide bonds. The highest BCUT2D eigenvalue weighted by Crippen LogP contribution is 2.39. The maximum atomic E-state index is 12.8. The molecule has 31 heavy (non-hydrogen) atoms. The fraction of sp³-hybridized carbons (Fsp3) is 0.524. The summed E-state index contributed by atoms with van der Waals surface area (Å²) in [6.07, 6.45) is -6.14. The Labute approximate surface area is 190 Å². The van der Waals surface area contributed by atoms with Crippen molar-refractivity contribution >= 4 is 35.2 Å². The molecule has 1 aromatic rings. The van der Waals surface area contributed by atoms with Gasteiger partial charge in [-0.25, -0.2) is 4.79 Å². The molecule has 1 N–H and O–H groups in total. The highest BCUT2D eigenvalue weighted by Gasteiger charge is 2.45. The summed E-state index contributed by atoms with van der Waals surface area (Å²) in [4.78, 5) is 26.6. The number of likely N-dealkylation sites (N-methyl/N-ethyl adjacent to an activating group) is 1. The van der Waals surface area contributed by atoms with Gasteiger partial charge in [0.05, 0.1) is 15.6 Å². The van der Waals surface area contributed by atoms with E-state index in [-0.39, 0.29) is 29.6 Å². The van der Waals surface area contributed by atoms with Crippen molar-refractivity contribution in [3.63, 3.8) is 0 Å². The van der Waals surface area contributed by atoms with Crippen LogP contribution in [-0.4, -0.2) is 53.2 Å². The SMILES string of the molecule is C=CC[C@@](CN(C)C(=O)CC(F)(F)F)(c1ccc(Cl)c(Cl)c1)N(CC(C)(C)C)C(=O)O. The predicted octanol–water partition coefficient (Wildman–Crippen LogP) is 6.20. The van der Waals surface area contributed by atoms with Crippen LogP contribution in [0.25, 0.3) is 0 Å². The second-order valence-electron chi connectivity index (χ2n) is 8.62. The van der Waals surface area contributed by atoms with E-state index in [2.05, 4.69) is 6.58 Å². The third-order valence-corrected chi connectivity index (χ3v) is 5.33. The van der Waals surface area contributed by atoms with Gasteiger partial charge in [-0.3, -0.25) is 9.69 Å². The van der Waals surface area contributed by atoms with Crippen molar-refractivity contribution in [2.24, 2.45) is 5.41 Å². The predicted molar refractivity (Wildman–Crippen MR) is 115 cm³/mol. The fourth-order valence-corrected chi connectivity index (χ4v) is 3.61. The van der Waals surface area contributed by atoms with Gasteiger partial charge in [0.1, 0.15) is 6.42 Å². The first-order valence-corrected chi connectivity index (χ1v) is 10.2. The Morgan fingerprint density at radius 1 is 1.13 bits per heavy atom. The van der Waals surface area contributed by atoms with Gasteiger partial charge in [0.2, 0.25) is 5.91 Å². The molecule has 0 spiro atoms. The summed E-state index contributed by atoms with van der Waals surface area (Å²) < 4.78 is 38.3. The molecule has 10 heteroatoms. The first-order valence-electron chi connectivity index (χ1n) is 9.40. The maximum Gasteiger partial charge on any atom is 0.408 e. The Balaban J connectivity index is 3.66. The van der Waals surface area contributed by atoms with Crippen LogP contribution in [-0.2, 0) is 10.3 Å². The van der Waals surface area contributed by atoms with E-state index in [9.17, 15) is 27.9 Å². The van der Waals surface area contributed by atoms with Crippen molar-refractivity contribution in [2.75, 3.05) is 20.1 Å². The van der Waals surface area contributed by atoms with E-state index < -0.39 is 35.6 Å². The minimum Gasteiger partial charge on any atom is -0.465 e. The van der Waals surface area contributed by atoms with Crippen molar-refractivity contribution in [2.45, 2.75) is 45.3 Å². The molecule has 5 nitrogen and oxygen atoms in total. The Kier molecular flexibility index (Phi) is 8.85. The normalized spacial score (nSPS) is 14.0. The van der Waals surface area contributed by atoms with Gasteiger partial charge in [0.25, 0.3) is 0 Å². The lowest BCUT2D eigenvalue weighted by molar-refractivity contribution is -0.161. The molecule has 0 aliphatic heterocycles. The molecule has 174 valence electrons. The molecule has 0 fully saturated rings. The van der Waals surface area contributed by atoms with E-state index in [0.29, 0.717) is 5.56 Å². The van der Waals surface area contributed by atoms with Gasteiger partial charge < -0.3 is 10.0 Å². The number of benzene rings is 1. The first-order chi connectivity index (χ1) is 14.0. The summed E-state index contributed by atoms with van der Waals surface area (Å²) in [5.74, 6) is -1.18. The summed E-state index contributed by atoms with van der Waals surface area (Å²) in [6, 6.07) is 4.50. The molecule has 0 aromatic heterocycles. The maximum absolute atomic E-state index is 12.8. The third-order valence-electron chi connectivity index (χ3n) is 4.60.